The molecule has 0 amide bonds. The molecule has 1 saturated heterocycles. The first-order valence-electron chi connectivity index (χ1n) is 5.85. The average Bonchev–Trinajstić information content (AvgIpc) is 2.57. The third-order valence-corrected chi connectivity index (χ3v) is 4.29. The van der Waals surface area contributed by atoms with E-state index in [1.807, 2.05) is 0 Å². The highest BCUT2D eigenvalue weighted by molar-refractivity contribution is 5.07. The average molecular weight is 235 g/mol. The summed E-state index contributed by atoms with van der Waals surface area (Å²) < 4.78 is 26.6. The Labute approximate surface area is 93.8 Å². The van der Waals surface area contributed by atoms with Gasteiger partial charge in [0.15, 0.2) is 0 Å². The molecule has 1 heterocycles. The molecule has 0 radical (unpaired) electrons. The number of aliphatic hydroxyl groups is 2. The first-order chi connectivity index (χ1) is 7.43. The van der Waals surface area contributed by atoms with Crippen LogP contribution in [0.25, 0.3) is 0 Å². The molecule has 2 aliphatic rings. The van der Waals surface area contributed by atoms with Gasteiger partial charge in [-0.3, -0.25) is 0 Å². The van der Waals surface area contributed by atoms with E-state index in [0.29, 0.717) is 25.9 Å². The smallest absolute Gasteiger partial charge is 0.248 e. The molecule has 2 fully saturated rings. The van der Waals surface area contributed by atoms with Crippen LogP contribution in [0.3, 0.4) is 0 Å². The molecular weight excluding hydrogens is 216 g/mol. The molecule has 2 rings (SSSR count). The van der Waals surface area contributed by atoms with Crippen molar-refractivity contribution in [3.8, 4) is 0 Å². The van der Waals surface area contributed by atoms with E-state index in [4.69, 9.17) is 0 Å². The number of aliphatic hydroxyl groups excluding tert-OH is 1. The molecule has 16 heavy (non-hydrogen) atoms. The molecule has 3 N–H and O–H groups in total. The van der Waals surface area contributed by atoms with E-state index in [-0.39, 0.29) is 25.9 Å². The number of alkyl halides is 2. The van der Waals surface area contributed by atoms with Crippen LogP contribution in [0.15, 0.2) is 0 Å². The highest BCUT2D eigenvalue weighted by Gasteiger charge is 2.59. The van der Waals surface area contributed by atoms with E-state index in [1.165, 1.54) is 0 Å². The van der Waals surface area contributed by atoms with Crippen molar-refractivity contribution in [1.29, 1.82) is 0 Å². The zero-order valence-electron chi connectivity index (χ0n) is 9.31. The number of halogens is 2. The fourth-order valence-corrected chi connectivity index (χ4v) is 3.14. The second-order valence-electron chi connectivity index (χ2n) is 5.25. The van der Waals surface area contributed by atoms with Gasteiger partial charge in [-0.25, -0.2) is 8.78 Å². The maximum Gasteiger partial charge on any atom is 0.248 e. The Kier molecular flexibility index (Phi) is 2.97. The van der Waals surface area contributed by atoms with Gasteiger partial charge in [0, 0.05) is 18.3 Å². The minimum atomic E-state index is -2.73. The van der Waals surface area contributed by atoms with Crippen molar-refractivity contribution < 1.29 is 19.0 Å². The quantitative estimate of drug-likeness (QED) is 0.666. The summed E-state index contributed by atoms with van der Waals surface area (Å²) in [4.78, 5) is 0. The SMILES string of the molecule is OCC1(C2(O)CCNCC2)CCC(F)(F)C1. The summed E-state index contributed by atoms with van der Waals surface area (Å²) >= 11 is 0. The van der Waals surface area contributed by atoms with E-state index in [1.54, 1.807) is 0 Å². The number of hydrogen-bond acceptors (Lipinski definition) is 3. The lowest BCUT2D eigenvalue weighted by Crippen LogP contribution is -2.55. The van der Waals surface area contributed by atoms with Crippen LogP contribution < -0.4 is 5.32 Å². The largest absolute Gasteiger partial charge is 0.396 e. The minimum absolute atomic E-state index is 0.215. The summed E-state index contributed by atoms with van der Waals surface area (Å²) in [7, 11) is 0. The van der Waals surface area contributed by atoms with Gasteiger partial charge in [-0.2, -0.15) is 0 Å². The lowest BCUT2D eigenvalue weighted by molar-refractivity contribution is -0.138. The summed E-state index contributed by atoms with van der Waals surface area (Å²) in [5.74, 6) is -2.73. The number of hydrogen-bond donors (Lipinski definition) is 3. The van der Waals surface area contributed by atoms with Crippen LogP contribution >= 0.6 is 0 Å². The van der Waals surface area contributed by atoms with Crippen LogP contribution in [0.2, 0.25) is 0 Å². The van der Waals surface area contributed by atoms with Gasteiger partial charge in [0.1, 0.15) is 0 Å². The van der Waals surface area contributed by atoms with Gasteiger partial charge >= 0.3 is 0 Å². The maximum atomic E-state index is 13.3. The van der Waals surface area contributed by atoms with Crippen LogP contribution in [0.4, 0.5) is 8.78 Å². The Morgan fingerprint density at radius 3 is 2.12 bits per heavy atom. The van der Waals surface area contributed by atoms with Crippen LogP contribution in [-0.4, -0.2) is 41.4 Å². The Morgan fingerprint density at radius 2 is 1.69 bits per heavy atom. The van der Waals surface area contributed by atoms with Crippen LogP contribution in [0.1, 0.15) is 32.1 Å². The summed E-state index contributed by atoms with van der Waals surface area (Å²) in [6.07, 6.45) is 0.510. The second kappa shape index (κ2) is 3.89. The van der Waals surface area contributed by atoms with E-state index in [9.17, 15) is 19.0 Å². The van der Waals surface area contributed by atoms with Gasteiger partial charge < -0.3 is 15.5 Å². The van der Waals surface area contributed by atoms with E-state index in [2.05, 4.69) is 5.32 Å². The zero-order valence-corrected chi connectivity index (χ0v) is 9.31. The van der Waals surface area contributed by atoms with Crippen LogP contribution in [-0.2, 0) is 0 Å². The molecular formula is C11H19F2NO2. The summed E-state index contributed by atoms with van der Waals surface area (Å²) in [5, 5.41) is 23.1. The second-order valence-corrected chi connectivity index (χ2v) is 5.25. The molecule has 5 heteroatoms. The molecule has 3 nitrogen and oxygen atoms in total. The Balaban J connectivity index is 2.21. The molecule has 0 aromatic carbocycles. The molecule has 1 unspecified atom stereocenters. The molecule has 0 aromatic heterocycles. The van der Waals surface area contributed by atoms with Crippen LogP contribution in [0, 0.1) is 5.41 Å². The van der Waals surface area contributed by atoms with Gasteiger partial charge in [0.2, 0.25) is 5.92 Å². The van der Waals surface area contributed by atoms with E-state index >= 15 is 0 Å². The fourth-order valence-electron chi connectivity index (χ4n) is 3.14. The van der Waals surface area contributed by atoms with Crippen molar-refractivity contribution in [2.24, 2.45) is 5.41 Å². The zero-order chi connectivity index (χ0) is 11.9. The minimum Gasteiger partial charge on any atom is -0.396 e. The monoisotopic (exact) mass is 235 g/mol. The normalized spacial score (nSPS) is 37.5. The lowest BCUT2D eigenvalue weighted by atomic mass is 9.66. The van der Waals surface area contributed by atoms with Gasteiger partial charge in [-0.05, 0) is 32.4 Å². The predicted octanol–water partition coefficient (Wildman–Crippen LogP) is 0.899. The summed E-state index contributed by atoms with van der Waals surface area (Å²) in [6, 6.07) is 0. The van der Waals surface area contributed by atoms with Crippen molar-refractivity contribution >= 4 is 0 Å². The van der Waals surface area contributed by atoms with Crippen LogP contribution in [0.5, 0.6) is 0 Å². The number of nitrogens with one attached hydrogen (secondary N) is 1. The molecule has 0 aromatic rings. The number of rotatable bonds is 2. The van der Waals surface area contributed by atoms with Gasteiger partial charge in [-0.15, -0.1) is 0 Å². The third-order valence-electron chi connectivity index (χ3n) is 4.29. The first-order valence-corrected chi connectivity index (χ1v) is 5.85. The topological polar surface area (TPSA) is 52.5 Å². The molecule has 0 spiro atoms. The first kappa shape index (κ1) is 12.2. The third kappa shape index (κ3) is 1.85. The summed E-state index contributed by atoms with van der Waals surface area (Å²) in [5.41, 5.74) is -2.13. The molecule has 0 bridgehead atoms. The Bertz CT molecular complexity index is 267. The Hall–Kier alpha value is -0.260. The molecule has 1 aliphatic heterocycles. The molecule has 1 saturated carbocycles. The highest BCUT2D eigenvalue weighted by Crippen LogP contribution is 2.55. The fraction of sp³-hybridized carbons (Fsp3) is 1.00. The maximum absolute atomic E-state index is 13.3. The van der Waals surface area contributed by atoms with Gasteiger partial charge in [-0.1, -0.05) is 0 Å². The van der Waals surface area contributed by atoms with Crippen molar-refractivity contribution in [2.75, 3.05) is 19.7 Å². The standard InChI is InChI=1S/C11H19F2NO2/c12-11(13)2-1-9(7-11,8-15)10(16)3-5-14-6-4-10/h14-16H,1-8H2. The van der Waals surface area contributed by atoms with Gasteiger partial charge in [0.05, 0.1) is 12.2 Å². The highest BCUT2D eigenvalue weighted by atomic mass is 19.3. The van der Waals surface area contributed by atoms with Crippen molar-refractivity contribution in [3.63, 3.8) is 0 Å². The molecule has 94 valence electrons. The molecule has 1 aliphatic carbocycles. The summed E-state index contributed by atoms with van der Waals surface area (Å²) in [6.45, 7) is 0.909. The van der Waals surface area contributed by atoms with Crippen molar-refractivity contribution in [2.45, 2.75) is 43.6 Å². The van der Waals surface area contributed by atoms with E-state index in [0.717, 1.165) is 0 Å². The van der Waals surface area contributed by atoms with Crippen molar-refractivity contribution in [3.05, 3.63) is 0 Å². The van der Waals surface area contributed by atoms with Crippen molar-refractivity contribution in [1.82, 2.24) is 5.32 Å². The molecule has 1 atom stereocenters. The lowest BCUT2D eigenvalue weighted by Gasteiger charge is -2.46. The predicted molar refractivity (Wildman–Crippen MR) is 55.4 cm³/mol. The number of piperidine rings is 1. The van der Waals surface area contributed by atoms with E-state index < -0.39 is 16.9 Å². The Morgan fingerprint density at radius 1 is 1.06 bits per heavy atom. The van der Waals surface area contributed by atoms with Gasteiger partial charge in [0.25, 0.3) is 0 Å².